The predicted molar refractivity (Wildman–Crippen MR) is 67.2 cm³/mol. The van der Waals surface area contributed by atoms with E-state index in [1.54, 1.807) is 27.2 Å². The standard InChI is InChI=1S/C12H19N3O3/c1-13-11(17)7-12(14-2,15-3)18-10-6-8(16)4-5-9(10)11/h4-6,13-17H,7H2,1-3H3. The van der Waals surface area contributed by atoms with Gasteiger partial charge in [-0.05, 0) is 33.3 Å². The average molecular weight is 253 g/mol. The van der Waals surface area contributed by atoms with Crippen molar-refractivity contribution in [2.45, 2.75) is 18.0 Å². The third-order valence-corrected chi connectivity index (χ3v) is 3.42. The SMILES string of the molecule is CNC1(NC)CC(O)(NC)c2ccc(O)cc2O1. The lowest BCUT2D eigenvalue weighted by Gasteiger charge is -2.45. The molecule has 1 atom stereocenters. The van der Waals surface area contributed by atoms with E-state index < -0.39 is 11.6 Å². The van der Waals surface area contributed by atoms with Gasteiger partial charge in [-0.3, -0.25) is 16.0 Å². The number of phenolic OH excluding ortho intramolecular Hbond substituents is 1. The number of fused-ring (bicyclic) bond motifs is 1. The van der Waals surface area contributed by atoms with E-state index in [1.807, 2.05) is 0 Å². The summed E-state index contributed by atoms with van der Waals surface area (Å²) in [7, 11) is 5.15. The monoisotopic (exact) mass is 253 g/mol. The maximum Gasteiger partial charge on any atom is 0.221 e. The summed E-state index contributed by atoms with van der Waals surface area (Å²) in [6, 6.07) is 4.66. The molecule has 5 N–H and O–H groups in total. The Bertz CT molecular complexity index is 448. The molecule has 0 bridgehead atoms. The molecule has 0 saturated heterocycles. The van der Waals surface area contributed by atoms with E-state index in [-0.39, 0.29) is 12.2 Å². The van der Waals surface area contributed by atoms with Crippen LogP contribution in [0.4, 0.5) is 0 Å². The second kappa shape index (κ2) is 4.40. The quantitative estimate of drug-likeness (QED) is 0.473. The number of aromatic hydroxyl groups is 1. The number of phenols is 1. The fraction of sp³-hybridized carbons (Fsp3) is 0.500. The van der Waals surface area contributed by atoms with Crippen LogP contribution in [0.3, 0.4) is 0 Å². The van der Waals surface area contributed by atoms with Crippen molar-refractivity contribution in [2.75, 3.05) is 21.1 Å². The minimum atomic E-state index is -1.23. The zero-order valence-corrected chi connectivity index (χ0v) is 10.7. The van der Waals surface area contributed by atoms with Crippen molar-refractivity contribution in [1.29, 1.82) is 0 Å². The van der Waals surface area contributed by atoms with Crippen molar-refractivity contribution in [1.82, 2.24) is 16.0 Å². The van der Waals surface area contributed by atoms with Gasteiger partial charge in [-0.15, -0.1) is 0 Å². The fourth-order valence-corrected chi connectivity index (χ4v) is 2.24. The van der Waals surface area contributed by atoms with Gasteiger partial charge in [-0.2, -0.15) is 0 Å². The summed E-state index contributed by atoms with van der Waals surface area (Å²) < 4.78 is 5.81. The van der Waals surface area contributed by atoms with Crippen LogP contribution in [0.15, 0.2) is 18.2 Å². The van der Waals surface area contributed by atoms with Gasteiger partial charge < -0.3 is 14.9 Å². The fourth-order valence-electron chi connectivity index (χ4n) is 2.24. The van der Waals surface area contributed by atoms with Gasteiger partial charge in [-0.1, -0.05) is 0 Å². The summed E-state index contributed by atoms with van der Waals surface area (Å²) in [5, 5.41) is 29.1. The highest BCUT2D eigenvalue weighted by atomic mass is 16.5. The Labute approximate surface area is 106 Å². The molecule has 0 spiro atoms. The first-order chi connectivity index (χ1) is 8.48. The molecule has 0 aliphatic carbocycles. The minimum absolute atomic E-state index is 0.0928. The van der Waals surface area contributed by atoms with Crippen LogP contribution >= 0.6 is 0 Å². The maximum atomic E-state index is 10.7. The first-order valence-electron chi connectivity index (χ1n) is 5.80. The van der Waals surface area contributed by atoms with Gasteiger partial charge in [0, 0.05) is 11.6 Å². The van der Waals surface area contributed by atoms with E-state index >= 15 is 0 Å². The molecule has 1 heterocycles. The lowest BCUT2D eigenvalue weighted by molar-refractivity contribution is -0.119. The Kier molecular flexibility index (Phi) is 3.20. The zero-order valence-electron chi connectivity index (χ0n) is 10.7. The molecule has 6 heteroatoms. The van der Waals surface area contributed by atoms with E-state index in [0.29, 0.717) is 11.3 Å². The third-order valence-electron chi connectivity index (χ3n) is 3.42. The van der Waals surface area contributed by atoms with Gasteiger partial charge in [0.05, 0.1) is 6.42 Å². The van der Waals surface area contributed by atoms with E-state index in [9.17, 15) is 10.2 Å². The lowest BCUT2D eigenvalue weighted by atomic mass is 9.92. The van der Waals surface area contributed by atoms with Crippen LogP contribution in [0.2, 0.25) is 0 Å². The van der Waals surface area contributed by atoms with Gasteiger partial charge in [0.1, 0.15) is 11.5 Å². The summed E-state index contributed by atoms with van der Waals surface area (Å²) in [4.78, 5) is 0. The highest BCUT2D eigenvalue weighted by Gasteiger charge is 2.47. The average Bonchev–Trinajstić information content (AvgIpc) is 2.38. The molecule has 2 rings (SSSR count). The smallest absolute Gasteiger partial charge is 0.221 e. The van der Waals surface area contributed by atoms with Gasteiger partial charge in [0.2, 0.25) is 5.85 Å². The summed E-state index contributed by atoms with van der Waals surface area (Å²) >= 11 is 0. The topological polar surface area (TPSA) is 85.8 Å². The molecule has 1 aromatic carbocycles. The van der Waals surface area contributed by atoms with Crippen molar-refractivity contribution in [3.8, 4) is 11.5 Å². The van der Waals surface area contributed by atoms with Gasteiger partial charge in [0.25, 0.3) is 0 Å². The Morgan fingerprint density at radius 1 is 1.17 bits per heavy atom. The molecule has 1 unspecified atom stereocenters. The number of hydrogen-bond donors (Lipinski definition) is 5. The number of hydrogen-bond acceptors (Lipinski definition) is 6. The minimum Gasteiger partial charge on any atom is -0.508 e. The normalized spacial score (nSPS) is 25.3. The second-order valence-corrected chi connectivity index (χ2v) is 4.40. The molecule has 0 saturated carbocycles. The van der Waals surface area contributed by atoms with Gasteiger partial charge in [0.15, 0.2) is 5.72 Å². The van der Waals surface area contributed by atoms with Crippen LogP contribution < -0.4 is 20.7 Å². The first kappa shape index (κ1) is 13.1. The van der Waals surface area contributed by atoms with Crippen molar-refractivity contribution in [2.24, 2.45) is 0 Å². The molecule has 0 radical (unpaired) electrons. The third kappa shape index (κ3) is 1.93. The summed E-state index contributed by atoms with van der Waals surface area (Å²) in [6.45, 7) is 0. The Morgan fingerprint density at radius 2 is 1.83 bits per heavy atom. The van der Waals surface area contributed by atoms with E-state index in [1.165, 1.54) is 12.1 Å². The molecule has 0 aromatic heterocycles. The number of ether oxygens (including phenoxy) is 1. The van der Waals surface area contributed by atoms with Crippen molar-refractivity contribution in [3.63, 3.8) is 0 Å². The molecule has 0 fully saturated rings. The van der Waals surface area contributed by atoms with Gasteiger partial charge >= 0.3 is 0 Å². The summed E-state index contributed by atoms with van der Waals surface area (Å²) in [5.41, 5.74) is -0.628. The molecule has 1 aliphatic heterocycles. The van der Waals surface area contributed by atoms with Crippen LogP contribution in [0, 0.1) is 0 Å². The highest BCUT2D eigenvalue weighted by molar-refractivity contribution is 5.45. The molecule has 18 heavy (non-hydrogen) atoms. The highest BCUT2D eigenvalue weighted by Crippen LogP contribution is 2.41. The number of rotatable bonds is 3. The van der Waals surface area contributed by atoms with Crippen LogP contribution in [0.1, 0.15) is 12.0 Å². The first-order valence-corrected chi connectivity index (χ1v) is 5.80. The Hall–Kier alpha value is -1.34. The van der Waals surface area contributed by atoms with Crippen molar-refractivity contribution < 1.29 is 14.9 Å². The molecular formula is C12H19N3O3. The molecule has 0 amide bonds. The molecule has 1 aliphatic rings. The van der Waals surface area contributed by atoms with Crippen molar-refractivity contribution in [3.05, 3.63) is 23.8 Å². The van der Waals surface area contributed by atoms with Crippen LogP contribution in [0.25, 0.3) is 0 Å². The maximum absolute atomic E-state index is 10.7. The Morgan fingerprint density at radius 3 is 2.39 bits per heavy atom. The largest absolute Gasteiger partial charge is 0.508 e. The van der Waals surface area contributed by atoms with Crippen LogP contribution in [-0.4, -0.2) is 37.2 Å². The Balaban J connectivity index is 2.54. The molecule has 1 aromatic rings. The molecular weight excluding hydrogens is 234 g/mol. The van der Waals surface area contributed by atoms with E-state index in [0.717, 1.165) is 0 Å². The van der Waals surface area contributed by atoms with Gasteiger partial charge in [-0.25, -0.2) is 0 Å². The van der Waals surface area contributed by atoms with Crippen LogP contribution in [-0.2, 0) is 5.72 Å². The number of nitrogens with one attached hydrogen (secondary N) is 3. The van der Waals surface area contributed by atoms with E-state index in [4.69, 9.17) is 4.74 Å². The second-order valence-electron chi connectivity index (χ2n) is 4.40. The zero-order chi connectivity index (χ0) is 13.4. The molecule has 6 nitrogen and oxygen atoms in total. The van der Waals surface area contributed by atoms with Crippen molar-refractivity contribution >= 4 is 0 Å². The van der Waals surface area contributed by atoms with Crippen LogP contribution in [0.5, 0.6) is 11.5 Å². The van der Waals surface area contributed by atoms with E-state index in [2.05, 4.69) is 16.0 Å². The predicted octanol–water partition coefficient (Wildman–Crippen LogP) is -0.368. The number of aliphatic hydroxyl groups is 1. The lowest BCUT2D eigenvalue weighted by Crippen LogP contribution is -2.66. The molecule has 100 valence electrons. The number of benzene rings is 1. The summed E-state index contributed by atoms with van der Waals surface area (Å²) in [5.74, 6) is -0.365. The summed E-state index contributed by atoms with van der Waals surface area (Å²) in [6.07, 6.45) is 0.279.